The van der Waals surface area contributed by atoms with Crippen LogP contribution in [0.4, 0.5) is 0 Å². The molecule has 2 aromatic rings. The molecule has 0 radical (unpaired) electrons. The van der Waals surface area contributed by atoms with Crippen molar-refractivity contribution >= 4 is 17.3 Å². The van der Waals surface area contributed by atoms with E-state index in [9.17, 15) is 4.79 Å². The van der Waals surface area contributed by atoms with Crippen molar-refractivity contribution in [2.45, 2.75) is 25.7 Å². The number of hydrogen-bond acceptors (Lipinski definition) is 5. The van der Waals surface area contributed by atoms with Crippen LogP contribution in [0, 0.1) is 6.92 Å². The minimum atomic E-state index is -1.05. The molecule has 1 aliphatic rings. The molecule has 2 heterocycles. The number of aryl methyl sites for hydroxylation is 1. The van der Waals surface area contributed by atoms with E-state index >= 15 is 0 Å². The van der Waals surface area contributed by atoms with Gasteiger partial charge in [-0.15, -0.1) is 11.3 Å². The van der Waals surface area contributed by atoms with Crippen LogP contribution in [0.3, 0.4) is 0 Å². The van der Waals surface area contributed by atoms with Crippen molar-refractivity contribution in [1.82, 2.24) is 9.97 Å². The average molecular weight is 250 g/mol. The molecule has 0 spiro atoms. The molecule has 3 rings (SSSR count). The third-order valence-electron chi connectivity index (χ3n) is 2.75. The highest BCUT2D eigenvalue weighted by atomic mass is 32.1. The number of aromatic nitrogens is 2. The first-order chi connectivity index (χ1) is 8.16. The van der Waals surface area contributed by atoms with Gasteiger partial charge in [-0.3, -0.25) is 0 Å². The fourth-order valence-corrected chi connectivity index (χ4v) is 2.45. The molecule has 1 fully saturated rings. The van der Waals surface area contributed by atoms with Gasteiger partial charge in [-0.25, -0.2) is 14.8 Å². The Balaban J connectivity index is 2.10. The van der Waals surface area contributed by atoms with Gasteiger partial charge in [0, 0.05) is 5.92 Å². The molecule has 88 valence electrons. The van der Waals surface area contributed by atoms with Crippen LogP contribution in [0.1, 0.15) is 40.7 Å². The number of thiazole rings is 1. The number of nitrogens with zero attached hydrogens (tertiary/aromatic N) is 2. The van der Waals surface area contributed by atoms with Crippen LogP contribution in [0.15, 0.2) is 9.93 Å². The Morgan fingerprint density at radius 2 is 2.35 bits per heavy atom. The van der Waals surface area contributed by atoms with E-state index in [1.807, 2.05) is 6.92 Å². The van der Waals surface area contributed by atoms with Gasteiger partial charge in [0.05, 0.1) is 16.9 Å². The summed E-state index contributed by atoms with van der Waals surface area (Å²) >= 11 is 1.41. The van der Waals surface area contributed by atoms with E-state index in [2.05, 4.69) is 9.97 Å². The quantitative estimate of drug-likeness (QED) is 0.906. The molecule has 2 aromatic heterocycles. The number of rotatable bonds is 3. The zero-order valence-corrected chi connectivity index (χ0v) is 9.95. The second-order valence-corrected chi connectivity index (χ2v) is 4.93. The van der Waals surface area contributed by atoms with Crippen LogP contribution in [0.25, 0.3) is 10.8 Å². The summed E-state index contributed by atoms with van der Waals surface area (Å²) in [6, 6.07) is 0. The largest absolute Gasteiger partial charge is 0.475 e. The van der Waals surface area contributed by atoms with Gasteiger partial charge in [-0.1, -0.05) is 0 Å². The first-order valence-corrected chi connectivity index (χ1v) is 6.19. The zero-order chi connectivity index (χ0) is 12.0. The van der Waals surface area contributed by atoms with Crippen molar-refractivity contribution in [3.8, 4) is 10.8 Å². The monoisotopic (exact) mass is 250 g/mol. The van der Waals surface area contributed by atoms with Crippen molar-refractivity contribution in [3.63, 3.8) is 0 Å². The fraction of sp³-hybridized carbons (Fsp3) is 0.364. The van der Waals surface area contributed by atoms with E-state index in [4.69, 9.17) is 9.52 Å². The summed E-state index contributed by atoms with van der Waals surface area (Å²) in [5.74, 6) is -0.431. The zero-order valence-electron chi connectivity index (χ0n) is 9.14. The summed E-state index contributed by atoms with van der Waals surface area (Å²) in [4.78, 5) is 20.3. The maximum atomic E-state index is 11.1. The first-order valence-electron chi connectivity index (χ1n) is 5.31. The van der Waals surface area contributed by atoms with Crippen LogP contribution in [-0.4, -0.2) is 21.0 Å². The summed E-state index contributed by atoms with van der Waals surface area (Å²) in [6.07, 6.45) is 1.99. The summed E-state index contributed by atoms with van der Waals surface area (Å²) in [5, 5.41) is 9.08. The Bertz CT molecular complexity index is 583. The van der Waals surface area contributed by atoms with Crippen LogP contribution in [0.2, 0.25) is 0 Å². The lowest BCUT2D eigenvalue weighted by Gasteiger charge is -1.90. The van der Waals surface area contributed by atoms with Crippen LogP contribution in [0.5, 0.6) is 0 Å². The number of carboxylic acids is 1. The molecule has 0 bridgehead atoms. The van der Waals surface area contributed by atoms with E-state index in [0.717, 1.165) is 23.4 Å². The lowest BCUT2D eigenvalue weighted by molar-refractivity contribution is 0.0661. The maximum absolute atomic E-state index is 11.1. The number of hydrogen-bond donors (Lipinski definition) is 1. The summed E-state index contributed by atoms with van der Waals surface area (Å²) in [5.41, 5.74) is 3.10. The average Bonchev–Trinajstić information content (AvgIpc) is 2.88. The molecule has 0 amide bonds. The predicted molar refractivity (Wildman–Crippen MR) is 61.3 cm³/mol. The minimum absolute atomic E-state index is 0.0182. The number of carbonyl (C=O) groups is 1. The molecule has 6 heteroatoms. The smallest absolute Gasteiger partial charge is 0.373 e. The maximum Gasteiger partial charge on any atom is 0.373 e. The van der Waals surface area contributed by atoms with Gasteiger partial charge in [-0.2, -0.15) is 0 Å². The Kier molecular flexibility index (Phi) is 2.25. The molecule has 0 saturated heterocycles. The van der Waals surface area contributed by atoms with Gasteiger partial charge < -0.3 is 9.52 Å². The van der Waals surface area contributed by atoms with E-state index in [1.165, 1.54) is 11.3 Å². The van der Waals surface area contributed by atoms with Crippen LogP contribution in [-0.2, 0) is 0 Å². The molecule has 1 aliphatic carbocycles. The van der Waals surface area contributed by atoms with Crippen molar-refractivity contribution in [3.05, 3.63) is 22.7 Å². The van der Waals surface area contributed by atoms with Crippen LogP contribution >= 0.6 is 11.3 Å². The van der Waals surface area contributed by atoms with E-state index < -0.39 is 5.97 Å². The minimum Gasteiger partial charge on any atom is -0.475 e. The topological polar surface area (TPSA) is 76.2 Å². The van der Waals surface area contributed by atoms with E-state index in [1.54, 1.807) is 5.51 Å². The lowest BCUT2D eigenvalue weighted by atomic mass is 10.2. The molecular weight excluding hydrogens is 240 g/mol. The standard InChI is InChI=1S/C11H10N2O3S/c1-5-9(17-4-12-5)10-13-7(6-2-3-6)8(16-10)11(14)15/h4,6H,2-3H2,1H3,(H,14,15). The highest BCUT2D eigenvalue weighted by Gasteiger charge is 2.34. The third-order valence-corrected chi connectivity index (χ3v) is 3.67. The lowest BCUT2D eigenvalue weighted by Crippen LogP contribution is -1.98. The van der Waals surface area contributed by atoms with Crippen LogP contribution < -0.4 is 0 Å². The molecule has 17 heavy (non-hydrogen) atoms. The normalized spacial score (nSPS) is 15.1. The number of aromatic carboxylic acids is 1. The predicted octanol–water partition coefficient (Wildman–Crippen LogP) is 2.68. The van der Waals surface area contributed by atoms with Gasteiger partial charge in [0.15, 0.2) is 0 Å². The summed E-state index contributed by atoms with van der Waals surface area (Å²) in [6.45, 7) is 1.85. The highest BCUT2D eigenvalue weighted by molar-refractivity contribution is 7.13. The molecule has 0 aromatic carbocycles. The highest BCUT2D eigenvalue weighted by Crippen LogP contribution is 2.42. The molecule has 5 nitrogen and oxygen atoms in total. The Morgan fingerprint density at radius 1 is 1.59 bits per heavy atom. The summed E-state index contributed by atoms with van der Waals surface area (Å²) < 4.78 is 5.36. The number of carboxylic acid groups (broad SMARTS) is 1. The first kappa shape index (κ1) is 10.5. The third kappa shape index (κ3) is 1.74. The summed E-state index contributed by atoms with van der Waals surface area (Å²) in [7, 11) is 0. The van der Waals surface area contributed by atoms with Gasteiger partial charge in [0.2, 0.25) is 11.7 Å². The number of oxazole rings is 1. The molecule has 0 atom stereocenters. The SMILES string of the molecule is Cc1ncsc1-c1nc(C2CC2)c(C(=O)O)o1. The van der Waals surface area contributed by atoms with E-state index in [-0.39, 0.29) is 11.7 Å². The van der Waals surface area contributed by atoms with Crippen molar-refractivity contribution in [2.24, 2.45) is 0 Å². The molecule has 0 unspecified atom stereocenters. The van der Waals surface area contributed by atoms with Gasteiger partial charge in [0.1, 0.15) is 4.88 Å². The fourth-order valence-electron chi connectivity index (χ4n) is 1.72. The molecule has 1 N–H and O–H groups in total. The van der Waals surface area contributed by atoms with Gasteiger partial charge >= 0.3 is 5.97 Å². The van der Waals surface area contributed by atoms with Gasteiger partial charge in [0.25, 0.3) is 0 Å². The second-order valence-electron chi connectivity index (χ2n) is 4.08. The van der Waals surface area contributed by atoms with Crippen molar-refractivity contribution < 1.29 is 14.3 Å². The van der Waals surface area contributed by atoms with Crippen molar-refractivity contribution in [2.75, 3.05) is 0 Å². The Labute approximate surface area is 101 Å². The van der Waals surface area contributed by atoms with Crippen molar-refractivity contribution in [1.29, 1.82) is 0 Å². The Hall–Kier alpha value is -1.69. The van der Waals surface area contributed by atoms with Gasteiger partial charge in [-0.05, 0) is 19.8 Å². The molecular formula is C11H10N2O3S. The molecule has 0 aliphatic heterocycles. The van der Waals surface area contributed by atoms with E-state index in [0.29, 0.717) is 11.6 Å². The molecule has 1 saturated carbocycles. The Morgan fingerprint density at radius 3 is 2.88 bits per heavy atom. The second kappa shape index (κ2) is 3.66.